The normalized spacial score (nSPS) is 21.0. The number of phenols is 1. The number of nitrogens with zero attached hydrogens (tertiary/aromatic N) is 3. The Hall–Kier alpha value is -3.33. The van der Waals surface area contributed by atoms with Gasteiger partial charge >= 0.3 is 0 Å². The molecule has 1 fully saturated rings. The van der Waals surface area contributed by atoms with Gasteiger partial charge in [0.2, 0.25) is 5.79 Å². The summed E-state index contributed by atoms with van der Waals surface area (Å²) in [6.07, 6.45) is 11.1. The summed E-state index contributed by atoms with van der Waals surface area (Å²) in [7, 11) is 0. The highest BCUT2D eigenvalue weighted by molar-refractivity contribution is 6.35. The zero-order valence-electron chi connectivity index (χ0n) is 23.2. The fraction of sp³-hybridized carbons (Fsp3) is 0.303. The van der Waals surface area contributed by atoms with E-state index >= 15 is 0 Å². The topological polar surface area (TPSA) is 69.0 Å². The maximum atomic E-state index is 9.46. The smallest absolute Gasteiger partial charge is 0.215 e. The number of hydrogen-bond acceptors (Lipinski definition) is 6. The van der Waals surface area contributed by atoms with Crippen molar-refractivity contribution in [1.29, 1.82) is 0 Å². The summed E-state index contributed by atoms with van der Waals surface area (Å²) in [5.41, 5.74) is 4.45. The van der Waals surface area contributed by atoms with Crippen molar-refractivity contribution < 1.29 is 19.3 Å². The number of benzene rings is 3. The zero-order valence-corrected chi connectivity index (χ0v) is 24.7. The molecule has 2 aliphatic heterocycles. The zero-order chi connectivity index (χ0) is 28.9. The van der Waals surface area contributed by atoms with Crippen LogP contribution in [0.3, 0.4) is 0 Å². The van der Waals surface area contributed by atoms with Gasteiger partial charge in [-0.25, -0.2) is 4.98 Å². The lowest BCUT2D eigenvalue weighted by molar-refractivity contribution is -0.312. The third-order valence-corrected chi connectivity index (χ3v) is 8.24. The highest BCUT2D eigenvalue weighted by Gasteiger charge is 2.42. The molecule has 1 saturated heterocycles. The Morgan fingerprint density at radius 1 is 1.07 bits per heavy atom. The van der Waals surface area contributed by atoms with E-state index in [1.165, 1.54) is 11.1 Å². The number of hydrogen-bond donors (Lipinski definition) is 1. The predicted octanol–water partition coefficient (Wildman–Crippen LogP) is 6.70. The number of imidazole rings is 1. The monoisotopic (exact) mass is 605 g/mol. The van der Waals surface area contributed by atoms with Crippen LogP contribution in [-0.4, -0.2) is 52.0 Å². The molecule has 6 rings (SSSR count). The number of aromatic hydroxyl groups is 1. The molecule has 0 saturated carbocycles. The number of phenolic OH excluding ortho intramolecular Hbond substituents is 1. The molecule has 4 aromatic rings. The molecule has 1 aromatic heterocycles. The molecule has 2 atom stereocenters. The second-order valence-electron chi connectivity index (χ2n) is 10.7. The van der Waals surface area contributed by atoms with E-state index in [1.54, 1.807) is 36.8 Å². The average Bonchev–Trinajstić information content (AvgIpc) is 3.50. The molecule has 3 heterocycles. The summed E-state index contributed by atoms with van der Waals surface area (Å²) in [4.78, 5) is 6.60. The first-order chi connectivity index (χ1) is 20.5. The lowest BCUT2D eigenvalue weighted by atomic mass is 9.99. The number of fused-ring (bicyclic) bond motifs is 1. The van der Waals surface area contributed by atoms with Crippen LogP contribution in [0.1, 0.15) is 28.7 Å². The van der Waals surface area contributed by atoms with E-state index < -0.39 is 5.79 Å². The maximum Gasteiger partial charge on any atom is 0.215 e. The van der Waals surface area contributed by atoms with E-state index in [9.17, 15) is 5.11 Å². The van der Waals surface area contributed by atoms with Crippen molar-refractivity contribution in [3.63, 3.8) is 0 Å². The van der Waals surface area contributed by atoms with Crippen molar-refractivity contribution in [3.8, 4) is 11.5 Å². The minimum Gasteiger partial charge on any atom is -0.508 e. The molecular formula is C33H33Cl2N3O4. The van der Waals surface area contributed by atoms with Gasteiger partial charge in [0.1, 0.15) is 18.1 Å². The summed E-state index contributed by atoms with van der Waals surface area (Å²) >= 11 is 12.8. The SMILES string of the molecule is Oc1ccc(/C=C/CN2CCc3cc(OC[C@@H]4CCO[C@@](Cn5ccnc5)(c5ccc(Cl)cc5Cl)O4)ccc3C2)cc1. The van der Waals surface area contributed by atoms with Crippen LogP contribution in [0.4, 0.5) is 0 Å². The molecule has 0 spiro atoms. The van der Waals surface area contributed by atoms with Crippen molar-refractivity contribution in [3.05, 3.63) is 118 Å². The summed E-state index contributed by atoms with van der Waals surface area (Å²) in [5.74, 6) is 0.0317. The highest BCUT2D eigenvalue weighted by atomic mass is 35.5. The Balaban J connectivity index is 1.08. The summed E-state index contributed by atoms with van der Waals surface area (Å²) in [5, 5.41) is 10.5. The third kappa shape index (κ3) is 6.83. The van der Waals surface area contributed by atoms with Crippen LogP contribution in [0.25, 0.3) is 6.08 Å². The van der Waals surface area contributed by atoms with Crippen LogP contribution >= 0.6 is 23.2 Å². The highest BCUT2D eigenvalue weighted by Crippen LogP contribution is 2.40. The van der Waals surface area contributed by atoms with Gasteiger partial charge in [0.05, 0.1) is 30.6 Å². The molecule has 0 unspecified atom stereocenters. The quantitative estimate of drug-likeness (QED) is 0.229. The van der Waals surface area contributed by atoms with Gasteiger partial charge in [-0.3, -0.25) is 4.90 Å². The van der Waals surface area contributed by atoms with E-state index in [1.807, 2.05) is 35.0 Å². The molecule has 42 heavy (non-hydrogen) atoms. The first-order valence-corrected chi connectivity index (χ1v) is 14.9. The molecule has 1 N–H and O–H groups in total. The van der Waals surface area contributed by atoms with Crippen LogP contribution in [0.15, 0.2) is 85.5 Å². The Kier molecular flexibility index (Phi) is 8.84. The second-order valence-corrected chi connectivity index (χ2v) is 11.6. The number of ether oxygens (including phenoxy) is 3. The third-order valence-electron chi connectivity index (χ3n) is 7.70. The van der Waals surface area contributed by atoms with Gasteiger partial charge in [-0.05, 0) is 59.5 Å². The van der Waals surface area contributed by atoms with Gasteiger partial charge in [-0.1, -0.05) is 59.6 Å². The first kappa shape index (κ1) is 28.8. The molecule has 2 aliphatic rings. The standard InChI is InChI=1S/C33H33Cl2N3O4/c34-27-6-10-31(32(35)19-27)33(22-38-16-13-36-23-38)41-17-12-30(42-33)21-40-29-9-5-26-20-37(15-11-25(26)18-29)14-1-2-24-3-7-28(39)8-4-24/h1-10,13,16,18-19,23,30,39H,11-12,14-15,17,20-22H2/b2-1+/t30-,33+/m0/s1. The first-order valence-electron chi connectivity index (χ1n) is 14.1. The molecule has 3 aromatic carbocycles. The maximum absolute atomic E-state index is 9.46. The second kappa shape index (κ2) is 12.9. The minimum atomic E-state index is -1.09. The number of halogens is 2. The fourth-order valence-corrected chi connectivity index (χ4v) is 6.06. The van der Waals surface area contributed by atoms with Crippen molar-refractivity contribution >= 4 is 29.3 Å². The van der Waals surface area contributed by atoms with Crippen molar-refractivity contribution in [1.82, 2.24) is 14.5 Å². The Morgan fingerprint density at radius 3 is 2.76 bits per heavy atom. The number of aromatic nitrogens is 2. The molecular weight excluding hydrogens is 573 g/mol. The van der Waals surface area contributed by atoms with Gasteiger partial charge in [0.15, 0.2) is 0 Å². The Bertz CT molecular complexity index is 1530. The van der Waals surface area contributed by atoms with Gasteiger partial charge in [0, 0.05) is 49.0 Å². The summed E-state index contributed by atoms with van der Waals surface area (Å²) in [6.45, 7) is 4.05. The molecule has 0 radical (unpaired) electrons. The lowest BCUT2D eigenvalue weighted by Gasteiger charge is -2.41. The fourth-order valence-electron chi connectivity index (χ4n) is 5.51. The molecule has 7 nitrogen and oxygen atoms in total. The van der Waals surface area contributed by atoms with Crippen LogP contribution in [0.2, 0.25) is 10.0 Å². The average molecular weight is 607 g/mol. The molecule has 0 aliphatic carbocycles. The summed E-state index contributed by atoms with van der Waals surface area (Å²) < 4.78 is 21.1. The van der Waals surface area contributed by atoms with Gasteiger partial charge in [-0.2, -0.15) is 0 Å². The van der Waals surface area contributed by atoms with E-state index in [0.29, 0.717) is 36.2 Å². The largest absolute Gasteiger partial charge is 0.508 e. The van der Waals surface area contributed by atoms with Gasteiger partial charge < -0.3 is 23.9 Å². The van der Waals surface area contributed by atoms with Crippen molar-refractivity contribution in [2.75, 3.05) is 26.3 Å². The van der Waals surface area contributed by atoms with Gasteiger partial charge in [-0.15, -0.1) is 0 Å². The van der Waals surface area contributed by atoms with Crippen molar-refractivity contribution in [2.45, 2.75) is 37.8 Å². The number of rotatable bonds is 9. The van der Waals surface area contributed by atoms with E-state index in [-0.39, 0.29) is 11.9 Å². The minimum absolute atomic E-state index is 0.194. The lowest BCUT2D eigenvalue weighted by Crippen LogP contribution is -2.47. The van der Waals surface area contributed by atoms with Crippen molar-refractivity contribution in [2.24, 2.45) is 0 Å². The van der Waals surface area contributed by atoms with Crippen LogP contribution in [0, 0.1) is 0 Å². The molecule has 218 valence electrons. The summed E-state index contributed by atoms with van der Waals surface area (Å²) in [6, 6.07) is 19.0. The van der Waals surface area contributed by atoms with E-state index in [0.717, 1.165) is 42.9 Å². The van der Waals surface area contributed by atoms with E-state index in [2.05, 4.69) is 34.2 Å². The van der Waals surface area contributed by atoms with Crippen LogP contribution in [-0.2, 0) is 34.8 Å². The molecule has 0 bridgehead atoms. The molecule has 9 heteroatoms. The van der Waals surface area contributed by atoms with E-state index in [4.69, 9.17) is 37.4 Å². The predicted molar refractivity (Wildman–Crippen MR) is 164 cm³/mol. The Morgan fingerprint density at radius 2 is 1.95 bits per heavy atom. The Labute approximate surface area is 255 Å². The van der Waals surface area contributed by atoms with Gasteiger partial charge in [0.25, 0.3) is 0 Å². The molecule has 0 amide bonds. The van der Waals surface area contributed by atoms with Crippen LogP contribution in [0.5, 0.6) is 11.5 Å². The van der Waals surface area contributed by atoms with Crippen LogP contribution < -0.4 is 4.74 Å².